The second-order valence-corrected chi connectivity index (χ2v) is 6.57. The van der Waals surface area contributed by atoms with E-state index >= 15 is 0 Å². The molecule has 2 rings (SSSR count). The summed E-state index contributed by atoms with van der Waals surface area (Å²) in [5.41, 5.74) is 11.7. The summed E-state index contributed by atoms with van der Waals surface area (Å²) in [6.07, 6.45) is 6.53. The van der Waals surface area contributed by atoms with E-state index in [1.165, 1.54) is 38.9 Å². The number of hydrogen-bond donors (Lipinski definition) is 0. The van der Waals surface area contributed by atoms with Crippen molar-refractivity contribution in [3.05, 3.63) is 57.6 Å². The summed E-state index contributed by atoms with van der Waals surface area (Å²) in [5.74, 6) is 0. The van der Waals surface area contributed by atoms with Gasteiger partial charge in [-0.1, -0.05) is 59.7 Å². The summed E-state index contributed by atoms with van der Waals surface area (Å²) < 4.78 is 0. The molecule has 0 amide bonds. The molecule has 2 aromatic carbocycles. The third kappa shape index (κ3) is 3.58. The maximum Gasteiger partial charge on any atom is -0.0111 e. The molecule has 0 bridgehead atoms. The van der Waals surface area contributed by atoms with Gasteiger partial charge in [-0.25, -0.2) is 0 Å². The molecule has 24 heavy (non-hydrogen) atoms. The molecule has 0 unspecified atom stereocenters. The van der Waals surface area contributed by atoms with Gasteiger partial charge >= 0.3 is 0 Å². The lowest BCUT2D eigenvalue weighted by Gasteiger charge is -2.20. The Morgan fingerprint density at radius 1 is 0.625 bits per heavy atom. The molecule has 0 N–H and O–H groups in total. The van der Waals surface area contributed by atoms with Gasteiger partial charge in [-0.3, -0.25) is 0 Å². The van der Waals surface area contributed by atoms with Gasteiger partial charge in [0, 0.05) is 0 Å². The fraction of sp³-hybridized carbons (Fsp3) is 0.500. The monoisotopic (exact) mass is 321 g/mol. The third-order valence-electron chi connectivity index (χ3n) is 5.24. The summed E-state index contributed by atoms with van der Waals surface area (Å²) in [6.45, 7) is 13.6. The van der Waals surface area contributed by atoms with Crippen molar-refractivity contribution in [1.29, 1.82) is 0 Å². The van der Waals surface area contributed by atoms with Crippen LogP contribution in [0.3, 0.4) is 0 Å². The molecular formula is C24H33. The maximum absolute atomic E-state index is 3.67. The smallest absolute Gasteiger partial charge is 0.0111 e. The average Bonchev–Trinajstić information content (AvgIpc) is 2.65. The van der Waals surface area contributed by atoms with E-state index in [2.05, 4.69) is 65.8 Å². The summed E-state index contributed by atoms with van der Waals surface area (Å²) in [4.78, 5) is 0. The number of rotatable bonds is 7. The molecule has 1 radical (unpaired) electrons. The Morgan fingerprint density at radius 2 is 1.29 bits per heavy atom. The normalized spacial score (nSPS) is 11.1. The lowest BCUT2D eigenvalue weighted by Crippen LogP contribution is -2.03. The molecule has 0 fully saturated rings. The van der Waals surface area contributed by atoms with E-state index in [9.17, 15) is 0 Å². The van der Waals surface area contributed by atoms with E-state index in [4.69, 9.17) is 0 Å². The van der Waals surface area contributed by atoms with Crippen LogP contribution >= 0.6 is 0 Å². The Hall–Kier alpha value is -1.56. The highest BCUT2D eigenvalue weighted by Crippen LogP contribution is 2.34. The van der Waals surface area contributed by atoms with Crippen molar-refractivity contribution in [3.63, 3.8) is 0 Å². The van der Waals surface area contributed by atoms with E-state index in [0.717, 1.165) is 38.5 Å². The molecule has 0 saturated heterocycles. The van der Waals surface area contributed by atoms with Crippen LogP contribution in [0.15, 0.2) is 18.2 Å². The van der Waals surface area contributed by atoms with Crippen LogP contribution < -0.4 is 0 Å². The highest BCUT2D eigenvalue weighted by Gasteiger charge is 2.16. The van der Waals surface area contributed by atoms with Crippen LogP contribution in [0.1, 0.15) is 74.9 Å². The Bertz CT molecular complexity index is 630. The highest BCUT2D eigenvalue weighted by atomic mass is 14.2. The molecule has 0 aliphatic carbocycles. The van der Waals surface area contributed by atoms with E-state index in [-0.39, 0.29) is 0 Å². The van der Waals surface area contributed by atoms with Gasteiger partial charge in [-0.15, -0.1) is 0 Å². The molecule has 0 aliphatic heterocycles. The minimum Gasteiger partial charge on any atom is -0.0613 e. The lowest BCUT2D eigenvalue weighted by atomic mass is 9.84. The number of hydrogen-bond acceptors (Lipinski definition) is 0. The molecule has 0 saturated carbocycles. The fourth-order valence-corrected chi connectivity index (χ4v) is 3.84. The number of benzene rings is 2. The largest absolute Gasteiger partial charge is 0.0613 e. The molecule has 0 heterocycles. The minimum absolute atomic E-state index is 1.06. The van der Waals surface area contributed by atoms with Crippen LogP contribution in [0.25, 0.3) is 11.1 Å². The van der Waals surface area contributed by atoms with Crippen LogP contribution in [0, 0.1) is 6.07 Å². The zero-order chi connectivity index (χ0) is 17.7. The van der Waals surface area contributed by atoms with Crippen LogP contribution in [-0.4, -0.2) is 0 Å². The van der Waals surface area contributed by atoms with Crippen LogP contribution in [0.2, 0.25) is 0 Å². The summed E-state index contributed by atoms with van der Waals surface area (Å²) in [6, 6.07) is 10.9. The standard InChI is InChI=1S/C24H33/c1-7-17-13-19(9-3)21(11-5)23(15-17)24-16-18(8-2)14-20(10-4)22(24)12-6/h13,15-16H,7-12H2,1-6H3. The molecule has 0 aliphatic rings. The average molecular weight is 322 g/mol. The van der Waals surface area contributed by atoms with E-state index in [1.807, 2.05) is 0 Å². The summed E-state index contributed by atoms with van der Waals surface area (Å²) in [5, 5.41) is 0. The molecular weight excluding hydrogens is 288 g/mol. The third-order valence-corrected chi connectivity index (χ3v) is 5.24. The van der Waals surface area contributed by atoms with Crippen molar-refractivity contribution < 1.29 is 0 Å². The first kappa shape index (κ1) is 18.8. The number of aryl methyl sites for hydroxylation is 4. The zero-order valence-corrected chi connectivity index (χ0v) is 16.5. The van der Waals surface area contributed by atoms with Gasteiger partial charge in [0.1, 0.15) is 0 Å². The molecule has 0 atom stereocenters. The Morgan fingerprint density at radius 3 is 1.79 bits per heavy atom. The Labute approximate surface area is 149 Å². The van der Waals surface area contributed by atoms with Gasteiger partial charge in [0.2, 0.25) is 0 Å². The molecule has 0 spiro atoms. The predicted molar refractivity (Wildman–Crippen MR) is 107 cm³/mol. The van der Waals surface area contributed by atoms with Crippen molar-refractivity contribution in [2.75, 3.05) is 0 Å². The zero-order valence-electron chi connectivity index (χ0n) is 16.5. The second kappa shape index (κ2) is 8.51. The SMILES string of the molecule is CCc1[c]c(CC)c(CC)c(-c2cc(CC)cc(CC)c2CC)c1. The highest BCUT2D eigenvalue weighted by molar-refractivity contribution is 5.74. The van der Waals surface area contributed by atoms with Gasteiger partial charge in [-0.05, 0) is 89.1 Å². The first-order chi connectivity index (χ1) is 11.6. The van der Waals surface area contributed by atoms with Crippen molar-refractivity contribution in [3.8, 4) is 11.1 Å². The van der Waals surface area contributed by atoms with Gasteiger partial charge < -0.3 is 0 Å². The quantitative estimate of drug-likeness (QED) is 0.544. The molecule has 0 nitrogen and oxygen atoms in total. The Kier molecular flexibility index (Phi) is 6.66. The molecule has 0 heteroatoms. The summed E-state index contributed by atoms with van der Waals surface area (Å²) >= 11 is 0. The maximum atomic E-state index is 3.67. The molecule has 2 aromatic rings. The van der Waals surface area contributed by atoms with E-state index < -0.39 is 0 Å². The van der Waals surface area contributed by atoms with Crippen LogP contribution in [0.5, 0.6) is 0 Å². The molecule has 0 aromatic heterocycles. The van der Waals surface area contributed by atoms with Crippen molar-refractivity contribution in [2.24, 2.45) is 0 Å². The topological polar surface area (TPSA) is 0 Å². The van der Waals surface area contributed by atoms with Gasteiger partial charge in [0.15, 0.2) is 0 Å². The van der Waals surface area contributed by atoms with E-state index in [0.29, 0.717) is 0 Å². The van der Waals surface area contributed by atoms with Crippen LogP contribution in [0.4, 0.5) is 0 Å². The Balaban J connectivity index is 2.83. The van der Waals surface area contributed by atoms with Crippen LogP contribution in [-0.2, 0) is 38.5 Å². The fourth-order valence-electron chi connectivity index (χ4n) is 3.84. The van der Waals surface area contributed by atoms with Gasteiger partial charge in [-0.2, -0.15) is 0 Å². The first-order valence-electron chi connectivity index (χ1n) is 9.85. The van der Waals surface area contributed by atoms with Gasteiger partial charge in [0.05, 0.1) is 0 Å². The van der Waals surface area contributed by atoms with Crippen molar-refractivity contribution >= 4 is 0 Å². The van der Waals surface area contributed by atoms with Gasteiger partial charge in [0.25, 0.3) is 0 Å². The molecule has 129 valence electrons. The van der Waals surface area contributed by atoms with Crippen molar-refractivity contribution in [2.45, 2.75) is 80.1 Å². The second-order valence-electron chi connectivity index (χ2n) is 6.57. The summed E-state index contributed by atoms with van der Waals surface area (Å²) in [7, 11) is 0. The van der Waals surface area contributed by atoms with Crippen molar-refractivity contribution in [1.82, 2.24) is 0 Å². The minimum atomic E-state index is 1.06. The van der Waals surface area contributed by atoms with E-state index in [1.54, 1.807) is 5.56 Å². The lowest BCUT2D eigenvalue weighted by molar-refractivity contribution is 0.997. The first-order valence-corrected chi connectivity index (χ1v) is 9.85. The predicted octanol–water partition coefficient (Wildman–Crippen LogP) is 6.53.